The van der Waals surface area contributed by atoms with E-state index in [0.29, 0.717) is 0 Å². The molecule has 68 valence electrons. The molecule has 0 aliphatic heterocycles. The number of hydrogen-bond acceptors (Lipinski definition) is 3. The third-order valence-corrected chi connectivity index (χ3v) is 0.497. The summed E-state index contributed by atoms with van der Waals surface area (Å²) < 4.78 is 0. The van der Waals surface area contributed by atoms with Crippen LogP contribution in [0.3, 0.4) is 0 Å². The monoisotopic (exact) mass is 162 g/mol. The molecule has 0 fully saturated rings. The Balaban J connectivity index is 0. The highest BCUT2D eigenvalue weighted by Gasteiger charge is 1.98. The molecule has 0 radical (unpaired) electrons. The lowest BCUT2D eigenvalue weighted by Crippen LogP contribution is -2.18. The van der Waals surface area contributed by atoms with Crippen LogP contribution in [0.4, 0.5) is 0 Å². The zero-order valence-corrected chi connectivity index (χ0v) is 7.66. The number of carboxylic acids is 1. The maximum Gasteiger partial charge on any atom is 0.304 e. The van der Waals surface area contributed by atoms with E-state index in [4.69, 9.17) is 10.8 Å². The van der Waals surface area contributed by atoms with E-state index in [2.05, 4.69) is 0 Å². The van der Waals surface area contributed by atoms with Gasteiger partial charge >= 0.3 is 5.97 Å². The summed E-state index contributed by atoms with van der Waals surface area (Å²) in [4.78, 5) is 11.7. The van der Waals surface area contributed by atoms with E-state index in [9.17, 15) is 4.79 Å². The highest BCUT2D eigenvalue weighted by Crippen LogP contribution is 1.82. The normalized spacial score (nSPS) is 11.8. The Morgan fingerprint density at radius 2 is 1.82 bits per heavy atom. The Morgan fingerprint density at radius 3 is 1.82 bits per heavy atom. The fourth-order valence-electron chi connectivity index (χ4n) is 0.275. The van der Waals surface area contributed by atoms with Gasteiger partial charge in [-0.25, -0.2) is 0 Å². The molecule has 0 spiro atoms. The van der Waals surface area contributed by atoms with Crippen molar-refractivity contribution in [3.8, 4) is 0 Å². The summed E-state index contributed by atoms with van der Waals surface area (Å²) in [5.74, 6) is -0.838. The Bertz CT molecular complexity index is 99.9. The second-order valence-electron chi connectivity index (χ2n) is 2.92. The topological polar surface area (TPSA) is 66.6 Å². The zero-order chi connectivity index (χ0) is 9.44. The molecule has 0 aromatic carbocycles. The molecule has 1 unspecified atom stereocenters. The van der Waals surface area contributed by atoms with Crippen molar-refractivity contribution in [2.75, 3.05) is 21.1 Å². The van der Waals surface area contributed by atoms with Crippen molar-refractivity contribution < 1.29 is 9.90 Å². The van der Waals surface area contributed by atoms with Gasteiger partial charge in [0.05, 0.1) is 6.42 Å². The van der Waals surface area contributed by atoms with E-state index in [-0.39, 0.29) is 12.5 Å². The van der Waals surface area contributed by atoms with Gasteiger partial charge in [0.15, 0.2) is 0 Å². The first-order valence-electron chi connectivity index (χ1n) is 3.44. The van der Waals surface area contributed by atoms with Gasteiger partial charge in [-0.3, -0.25) is 4.79 Å². The quantitative estimate of drug-likeness (QED) is 0.599. The third kappa shape index (κ3) is 44.6. The number of carbonyl (C=O) groups is 1. The molecule has 0 aliphatic rings. The predicted molar refractivity (Wildman–Crippen MR) is 45.5 cm³/mol. The molecule has 3 N–H and O–H groups in total. The molecular weight excluding hydrogens is 144 g/mol. The van der Waals surface area contributed by atoms with Gasteiger partial charge in [-0.2, -0.15) is 0 Å². The van der Waals surface area contributed by atoms with Gasteiger partial charge in [0.2, 0.25) is 0 Å². The first-order chi connectivity index (χ1) is 4.86. The molecular formula is C7H18N2O2. The molecule has 1 atom stereocenters. The Labute approximate surface area is 68.0 Å². The summed E-state index contributed by atoms with van der Waals surface area (Å²) in [6, 6.07) is -0.225. The lowest BCUT2D eigenvalue weighted by atomic mass is 10.3. The highest BCUT2D eigenvalue weighted by molar-refractivity contribution is 5.67. The van der Waals surface area contributed by atoms with Crippen LogP contribution in [0.25, 0.3) is 0 Å². The van der Waals surface area contributed by atoms with Crippen molar-refractivity contribution in [2.24, 2.45) is 5.73 Å². The van der Waals surface area contributed by atoms with Crippen molar-refractivity contribution in [1.82, 2.24) is 4.90 Å². The number of carboxylic acid groups (broad SMARTS) is 1. The minimum atomic E-state index is -0.838. The van der Waals surface area contributed by atoms with Crippen LogP contribution in [0.1, 0.15) is 13.3 Å². The molecule has 0 rings (SSSR count). The second kappa shape index (κ2) is 7.50. The van der Waals surface area contributed by atoms with Gasteiger partial charge in [0.25, 0.3) is 0 Å². The maximum absolute atomic E-state index is 9.73. The van der Waals surface area contributed by atoms with Crippen LogP contribution in [-0.2, 0) is 4.79 Å². The van der Waals surface area contributed by atoms with Crippen LogP contribution < -0.4 is 5.73 Å². The summed E-state index contributed by atoms with van der Waals surface area (Å²) in [5, 5.41) is 8.00. The van der Waals surface area contributed by atoms with Crippen molar-refractivity contribution in [1.29, 1.82) is 0 Å². The van der Waals surface area contributed by atoms with E-state index in [0.717, 1.165) is 0 Å². The lowest BCUT2D eigenvalue weighted by molar-refractivity contribution is -0.137. The van der Waals surface area contributed by atoms with Crippen LogP contribution >= 0.6 is 0 Å². The van der Waals surface area contributed by atoms with E-state index >= 15 is 0 Å². The minimum Gasteiger partial charge on any atom is -0.481 e. The average molecular weight is 162 g/mol. The molecule has 0 amide bonds. The van der Waals surface area contributed by atoms with Crippen LogP contribution in [0.15, 0.2) is 0 Å². The van der Waals surface area contributed by atoms with Gasteiger partial charge in [-0.1, -0.05) is 0 Å². The summed E-state index contributed by atoms with van der Waals surface area (Å²) in [6.07, 6.45) is 0.0556. The van der Waals surface area contributed by atoms with Crippen LogP contribution in [0.5, 0.6) is 0 Å². The molecule has 0 bridgehead atoms. The Kier molecular flexibility index (Phi) is 8.87. The van der Waals surface area contributed by atoms with E-state index in [1.54, 1.807) is 6.92 Å². The number of aliphatic carboxylic acids is 1. The number of nitrogens with zero attached hydrogens (tertiary/aromatic N) is 1. The first-order valence-corrected chi connectivity index (χ1v) is 3.44. The van der Waals surface area contributed by atoms with E-state index in [1.165, 1.54) is 0 Å². The highest BCUT2D eigenvalue weighted by atomic mass is 16.4. The summed E-state index contributed by atoms with van der Waals surface area (Å²) in [6.45, 7) is 1.66. The number of rotatable bonds is 2. The van der Waals surface area contributed by atoms with Crippen molar-refractivity contribution >= 4 is 5.97 Å². The van der Waals surface area contributed by atoms with Gasteiger partial charge in [0, 0.05) is 6.04 Å². The SMILES string of the molecule is CC(N)CC(=O)O.CN(C)C. The first kappa shape index (κ1) is 13.0. The largest absolute Gasteiger partial charge is 0.481 e. The third-order valence-electron chi connectivity index (χ3n) is 0.497. The van der Waals surface area contributed by atoms with Crippen molar-refractivity contribution in [3.05, 3.63) is 0 Å². The van der Waals surface area contributed by atoms with Gasteiger partial charge in [-0.05, 0) is 28.1 Å². The van der Waals surface area contributed by atoms with Crippen LogP contribution in [0, 0.1) is 0 Å². The van der Waals surface area contributed by atoms with E-state index < -0.39 is 5.97 Å². The van der Waals surface area contributed by atoms with Gasteiger partial charge < -0.3 is 15.7 Å². The molecule has 0 aliphatic carbocycles. The van der Waals surface area contributed by atoms with Crippen molar-refractivity contribution in [2.45, 2.75) is 19.4 Å². The fourth-order valence-corrected chi connectivity index (χ4v) is 0.275. The molecule has 0 aromatic rings. The molecule has 11 heavy (non-hydrogen) atoms. The van der Waals surface area contributed by atoms with Crippen molar-refractivity contribution in [3.63, 3.8) is 0 Å². The molecule has 0 saturated carbocycles. The Hall–Kier alpha value is -0.610. The van der Waals surface area contributed by atoms with Gasteiger partial charge in [-0.15, -0.1) is 0 Å². The Morgan fingerprint density at radius 1 is 1.55 bits per heavy atom. The number of nitrogens with two attached hydrogens (primary N) is 1. The maximum atomic E-state index is 9.73. The predicted octanol–water partition coefficient (Wildman–Crippen LogP) is -0.0139. The summed E-state index contributed by atoms with van der Waals surface area (Å²) in [5.41, 5.74) is 5.11. The zero-order valence-electron chi connectivity index (χ0n) is 7.66. The fraction of sp³-hybridized carbons (Fsp3) is 0.857. The summed E-state index contributed by atoms with van der Waals surface area (Å²) >= 11 is 0. The van der Waals surface area contributed by atoms with Gasteiger partial charge in [0.1, 0.15) is 0 Å². The second-order valence-corrected chi connectivity index (χ2v) is 2.92. The minimum absolute atomic E-state index is 0.0556. The smallest absolute Gasteiger partial charge is 0.304 e. The number of hydrogen-bond donors (Lipinski definition) is 2. The molecule has 0 heterocycles. The average Bonchev–Trinajstić information content (AvgIpc) is 1.56. The lowest BCUT2D eigenvalue weighted by Gasteiger charge is -1.95. The molecule has 0 saturated heterocycles. The van der Waals surface area contributed by atoms with E-state index in [1.807, 2.05) is 26.0 Å². The molecule has 4 nitrogen and oxygen atoms in total. The molecule has 4 heteroatoms. The molecule has 0 aromatic heterocycles. The standard InChI is InChI=1S/C4H9NO2.C3H9N/c1-3(5)2-4(6)7;1-4(2)3/h3H,2,5H2,1H3,(H,6,7);1-3H3. The van der Waals surface area contributed by atoms with Crippen LogP contribution in [-0.4, -0.2) is 43.2 Å². The summed E-state index contributed by atoms with van der Waals surface area (Å²) in [7, 11) is 6.00. The van der Waals surface area contributed by atoms with Crippen LogP contribution in [0.2, 0.25) is 0 Å².